The molecule has 7 heteroatoms. The monoisotopic (exact) mass is 291 g/mol. The van der Waals surface area contributed by atoms with Crippen LogP contribution in [0.15, 0.2) is 23.6 Å². The topological polar surface area (TPSA) is 91.3 Å². The summed E-state index contributed by atoms with van der Waals surface area (Å²) in [6, 6.07) is 4.20. The van der Waals surface area contributed by atoms with Gasteiger partial charge in [-0.1, -0.05) is 0 Å². The quantitative estimate of drug-likeness (QED) is 0.810. The third-order valence-electron chi connectivity index (χ3n) is 2.55. The van der Waals surface area contributed by atoms with Gasteiger partial charge >= 0.3 is 12.0 Å². The lowest BCUT2D eigenvalue weighted by Gasteiger charge is -2.07. The van der Waals surface area contributed by atoms with Crippen LogP contribution in [0.5, 0.6) is 0 Å². The largest absolute Gasteiger partial charge is 0.478 e. The number of benzene rings is 1. The maximum Gasteiger partial charge on any atom is 0.335 e. The van der Waals surface area contributed by atoms with Crippen LogP contribution in [0.3, 0.4) is 0 Å². The van der Waals surface area contributed by atoms with Crippen LogP contribution in [-0.4, -0.2) is 22.1 Å². The second kappa shape index (κ2) is 5.70. The van der Waals surface area contributed by atoms with Gasteiger partial charge in [0.2, 0.25) is 0 Å². The van der Waals surface area contributed by atoms with E-state index in [0.717, 1.165) is 5.69 Å². The predicted molar refractivity (Wildman–Crippen MR) is 77.6 cm³/mol. The summed E-state index contributed by atoms with van der Waals surface area (Å²) in [5, 5.41) is 16.5. The molecule has 2 rings (SSSR count). The SMILES string of the molecule is Cc1csc(NC(=O)Nc2ccc(C(=O)O)c(C)c2)n1. The highest BCUT2D eigenvalue weighted by Crippen LogP contribution is 2.17. The molecule has 2 amide bonds. The summed E-state index contributed by atoms with van der Waals surface area (Å²) in [5.41, 5.74) is 2.16. The third kappa shape index (κ3) is 3.33. The minimum absolute atomic E-state index is 0.214. The maximum atomic E-state index is 11.7. The Morgan fingerprint density at radius 1 is 1.25 bits per heavy atom. The molecule has 20 heavy (non-hydrogen) atoms. The summed E-state index contributed by atoms with van der Waals surface area (Å²) in [6.45, 7) is 3.52. The van der Waals surface area contributed by atoms with E-state index in [9.17, 15) is 9.59 Å². The van der Waals surface area contributed by atoms with E-state index in [0.29, 0.717) is 16.4 Å². The molecule has 1 aromatic heterocycles. The first-order chi connectivity index (χ1) is 9.45. The highest BCUT2D eigenvalue weighted by atomic mass is 32.1. The minimum atomic E-state index is -0.989. The summed E-state index contributed by atoms with van der Waals surface area (Å²) < 4.78 is 0. The molecular weight excluding hydrogens is 278 g/mol. The molecule has 0 saturated carbocycles. The second-order valence-electron chi connectivity index (χ2n) is 4.21. The number of anilines is 2. The molecule has 0 spiro atoms. The molecule has 3 N–H and O–H groups in total. The summed E-state index contributed by atoms with van der Waals surface area (Å²) in [7, 11) is 0. The van der Waals surface area contributed by atoms with Crippen LogP contribution < -0.4 is 10.6 Å². The average molecular weight is 291 g/mol. The molecule has 0 bridgehead atoms. The molecule has 0 unspecified atom stereocenters. The van der Waals surface area contributed by atoms with Crippen molar-refractivity contribution in [1.82, 2.24) is 4.98 Å². The lowest BCUT2D eigenvalue weighted by Crippen LogP contribution is -2.19. The fraction of sp³-hybridized carbons (Fsp3) is 0.154. The van der Waals surface area contributed by atoms with Gasteiger partial charge in [-0.3, -0.25) is 5.32 Å². The highest BCUT2D eigenvalue weighted by Gasteiger charge is 2.09. The zero-order chi connectivity index (χ0) is 14.7. The first-order valence-corrected chi connectivity index (χ1v) is 6.68. The Bertz CT molecular complexity index is 667. The van der Waals surface area contributed by atoms with Crippen molar-refractivity contribution in [2.45, 2.75) is 13.8 Å². The fourth-order valence-electron chi connectivity index (χ4n) is 1.65. The number of hydrogen-bond acceptors (Lipinski definition) is 4. The van der Waals surface area contributed by atoms with Crippen molar-refractivity contribution in [2.75, 3.05) is 10.6 Å². The standard InChI is InChI=1S/C13H13N3O3S/c1-7-5-9(3-4-10(7)11(17)18)15-12(19)16-13-14-8(2)6-20-13/h3-6H,1-2H3,(H,17,18)(H2,14,15,16,19). The van der Waals surface area contributed by atoms with E-state index in [1.165, 1.54) is 17.4 Å². The zero-order valence-electron chi connectivity index (χ0n) is 10.9. The van der Waals surface area contributed by atoms with Crippen LogP contribution >= 0.6 is 11.3 Å². The first-order valence-electron chi connectivity index (χ1n) is 5.80. The highest BCUT2D eigenvalue weighted by molar-refractivity contribution is 7.13. The molecule has 1 aromatic carbocycles. The van der Waals surface area contributed by atoms with Crippen molar-refractivity contribution in [3.05, 3.63) is 40.4 Å². The molecule has 2 aromatic rings. The van der Waals surface area contributed by atoms with Gasteiger partial charge in [0.25, 0.3) is 0 Å². The van der Waals surface area contributed by atoms with E-state index in [1.807, 2.05) is 12.3 Å². The molecule has 0 saturated heterocycles. The number of aromatic nitrogens is 1. The van der Waals surface area contributed by atoms with Crippen molar-refractivity contribution in [3.8, 4) is 0 Å². The summed E-state index contributed by atoms with van der Waals surface area (Å²) >= 11 is 1.34. The molecule has 1 heterocycles. The number of amides is 2. The van der Waals surface area contributed by atoms with E-state index in [-0.39, 0.29) is 5.56 Å². The molecular formula is C13H13N3O3S. The van der Waals surface area contributed by atoms with Gasteiger partial charge in [-0.25, -0.2) is 14.6 Å². The molecule has 0 aliphatic rings. The van der Waals surface area contributed by atoms with Crippen molar-refractivity contribution in [1.29, 1.82) is 0 Å². The Kier molecular flexibility index (Phi) is 3.99. The van der Waals surface area contributed by atoms with E-state index in [1.54, 1.807) is 19.1 Å². The molecule has 104 valence electrons. The third-order valence-corrected chi connectivity index (χ3v) is 3.43. The van der Waals surface area contributed by atoms with Gasteiger partial charge in [-0.2, -0.15) is 0 Å². The van der Waals surface area contributed by atoms with Gasteiger partial charge in [0.15, 0.2) is 5.13 Å². The van der Waals surface area contributed by atoms with Gasteiger partial charge in [0.05, 0.1) is 11.3 Å². The smallest absolute Gasteiger partial charge is 0.335 e. The Morgan fingerprint density at radius 3 is 2.55 bits per heavy atom. The molecule has 6 nitrogen and oxygen atoms in total. The number of nitrogens with zero attached hydrogens (tertiary/aromatic N) is 1. The first kappa shape index (κ1) is 14.0. The van der Waals surface area contributed by atoms with Crippen LogP contribution in [0.1, 0.15) is 21.6 Å². The number of urea groups is 1. The number of nitrogens with one attached hydrogen (secondary N) is 2. The van der Waals surface area contributed by atoms with Crippen LogP contribution in [0.2, 0.25) is 0 Å². The minimum Gasteiger partial charge on any atom is -0.478 e. The van der Waals surface area contributed by atoms with Gasteiger partial charge in [0.1, 0.15) is 0 Å². The van der Waals surface area contributed by atoms with Crippen molar-refractivity contribution < 1.29 is 14.7 Å². The lowest BCUT2D eigenvalue weighted by molar-refractivity contribution is 0.0696. The Morgan fingerprint density at radius 2 is 2.00 bits per heavy atom. The number of aromatic carboxylic acids is 1. The van der Waals surface area contributed by atoms with Gasteiger partial charge < -0.3 is 10.4 Å². The van der Waals surface area contributed by atoms with Gasteiger partial charge in [-0.15, -0.1) is 11.3 Å². The second-order valence-corrected chi connectivity index (χ2v) is 5.07. The number of carbonyl (C=O) groups is 2. The molecule has 0 fully saturated rings. The van der Waals surface area contributed by atoms with Crippen LogP contribution in [-0.2, 0) is 0 Å². The summed E-state index contributed by atoms with van der Waals surface area (Å²) in [4.78, 5) is 26.8. The number of carbonyl (C=O) groups excluding carboxylic acids is 1. The number of thiazole rings is 1. The van der Waals surface area contributed by atoms with E-state index in [2.05, 4.69) is 15.6 Å². The fourth-order valence-corrected chi connectivity index (χ4v) is 2.34. The van der Waals surface area contributed by atoms with Crippen LogP contribution in [0, 0.1) is 13.8 Å². The summed E-state index contributed by atoms with van der Waals surface area (Å²) in [5.74, 6) is -0.989. The number of carboxylic acids is 1. The Hall–Kier alpha value is -2.41. The van der Waals surface area contributed by atoms with Crippen LogP contribution in [0.25, 0.3) is 0 Å². The Balaban J connectivity index is 2.04. The molecule has 0 atom stereocenters. The molecule has 0 aliphatic carbocycles. The van der Waals surface area contributed by atoms with Gasteiger partial charge in [-0.05, 0) is 37.6 Å². The van der Waals surface area contributed by atoms with Crippen LogP contribution in [0.4, 0.5) is 15.6 Å². The average Bonchev–Trinajstić information content (AvgIpc) is 2.74. The Labute approximate surface area is 119 Å². The van der Waals surface area contributed by atoms with Crippen molar-refractivity contribution >= 4 is 34.2 Å². The number of hydrogen-bond donors (Lipinski definition) is 3. The number of aryl methyl sites for hydroxylation is 2. The molecule has 0 aliphatic heterocycles. The normalized spacial score (nSPS) is 10.1. The lowest BCUT2D eigenvalue weighted by atomic mass is 10.1. The summed E-state index contributed by atoms with van der Waals surface area (Å²) in [6.07, 6.45) is 0. The van der Waals surface area contributed by atoms with Crippen molar-refractivity contribution in [2.24, 2.45) is 0 Å². The maximum absolute atomic E-state index is 11.7. The van der Waals surface area contributed by atoms with Crippen molar-refractivity contribution in [3.63, 3.8) is 0 Å². The van der Waals surface area contributed by atoms with E-state index in [4.69, 9.17) is 5.11 Å². The predicted octanol–water partition coefficient (Wildman–Crippen LogP) is 3.10. The van der Waals surface area contributed by atoms with Gasteiger partial charge in [0, 0.05) is 11.1 Å². The molecule has 0 radical (unpaired) electrons. The number of rotatable bonds is 3. The van der Waals surface area contributed by atoms with E-state index < -0.39 is 12.0 Å². The zero-order valence-corrected chi connectivity index (χ0v) is 11.7. The van der Waals surface area contributed by atoms with E-state index >= 15 is 0 Å². The number of carboxylic acid groups (broad SMARTS) is 1.